The lowest BCUT2D eigenvalue weighted by molar-refractivity contribution is -0.140. The Bertz CT molecular complexity index is 1390. The maximum Gasteiger partial charge on any atom is 0.339 e. The number of carboxylic acid groups (broad SMARTS) is 2. The molecule has 4 N–H and O–H groups in total. The Balaban J connectivity index is 0.00000174. The van der Waals surface area contributed by atoms with E-state index in [2.05, 4.69) is 24.5 Å². The SMILES string of the molecule is CC.CCC.O=C(O)C[C@H](NC(=O)CNC(=O)COc1c(C(=O)O)ccc2ccccc12)C(=O)COc1ccccc1F. The summed E-state index contributed by atoms with van der Waals surface area (Å²) in [7, 11) is 0. The van der Waals surface area contributed by atoms with Crippen LogP contribution in [0.1, 0.15) is 50.9 Å². The lowest BCUT2D eigenvalue weighted by Gasteiger charge is -2.17. The third-order valence-electron chi connectivity index (χ3n) is 5.21. The molecule has 3 aromatic carbocycles. The number of hydrogen-bond acceptors (Lipinski definition) is 7. The number of carbonyl (C=O) groups is 5. The molecule has 3 aromatic rings. The number of ether oxygens (including phenoxy) is 2. The topological polar surface area (TPSA) is 168 Å². The molecule has 0 aliphatic rings. The van der Waals surface area contributed by atoms with Gasteiger partial charge in [-0.2, -0.15) is 0 Å². The number of carboxylic acids is 2. The molecule has 0 radical (unpaired) electrons. The summed E-state index contributed by atoms with van der Waals surface area (Å²) in [6.45, 7) is 6.31. The minimum atomic E-state index is -1.49. The fourth-order valence-corrected chi connectivity index (χ4v) is 3.41. The van der Waals surface area contributed by atoms with Gasteiger partial charge in [0.05, 0.1) is 13.0 Å². The second-order valence-electron chi connectivity index (χ2n) is 8.64. The average Bonchev–Trinajstić information content (AvgIpc) is 2.99. The minimum Gasteiger partial charge on any atom is -0.483 e. The van der Waals surface area contributed by atoms with Crippen molar-refractivity contribution in [3.8, 4) is 11.5 Å². The van der Waals surface area contributed by atoms with Gasteiger partial charge in [0.25, 0.3) is 5.91 Å². The van der Waals surface area contributed by atoms with Crippen molar-refractivity contribution in [2.75, 3.05) is 19.8 Å². The third-order valence-corrected chi connectivity index (χ3v) is 5.21. The van der Waals surface area contributed by atoms with Gasteiger partial charge < -0.3 is 30.3 Å². The van der Waals surface area contributed by atoms with Gasteiger partial charge in [0, 0.05) is 5.39 Å². The zero-order chi connectivity index (χ0) is 32.4. The first-order chi connectivity index (χ1) is 20.6. The molecule has 0 saturated carbocycles. The van der Waals surface area contributed by atoms with Gasteiger partial charge in [-0.3, -0.25) is 19.2 Å². The van der Waals surface area contributed by atoms with Crippen LogP contribution in [0.3, 0.4) is 0 Å². The Morgan fingerprint density at radius 1 is 0.837 bits per heavy atom. The Morgan fingerprint density at radius 3 is 2.09 bits per heavy atom. The zero-order valence-corrected chi connectivity index (χ0v) is 24.5. The van der Waals surface area contributed by atoms with Gasteiger partial charge >= 0.3 is 11.9 Å². The van der Waals surface area contributed by atoms with E-state index < -0.39 is 67.6 Å². The Kier molecular flexibility index (Phi) is 16.1. The Hall–Kier alpha value is -5.00. The van der Waals surface area contributed by atoms with Crippen LogP contribution in [-0.4, -0.2) is 65.5 Å². The first-order valence-electron chi connectivity index (χ1n) is 13.6. The molecule has 11 nitrogen and oxygen atoms in total. The van der Waals surface area contributed by atoms with Crippen LogP contribution in [0.5, 0.6) is 11.5 Å². The van der Waals surface area contributed by atoms with E-state index >= 15 is 0 Å². The summed E-state index contributed by atoms with van der Waals surface area (Å²) in [6.07, 6.45) is 0.487. The summed E-state index contributed by atoms with van der Waals surface area (Å²) in [5.74, 6) is -6.05. The molecular weight excluding hydrogens is 563 g/mol. The molecule has 0 unspecified atom stereocenters. The maximum absolute atomic E-state index is 13.7. The van der Waals surface area contributed by atoms with Crippen LogP contribution < -0.4 is 20.1 Å². The minimum absolute atomic E-state index is 0.0165. The number of ketones is 1. The van der Waals surface area contributed by atoms with Gasteiger partial charge in [-0.15, -0.1) is 0 Å². The number of nitrogens with one attached hydrogen (secondary N) is 2. The molecule has 0 aromatic heterocycles. The highest BCUT2D eigenvalue weighted by molar-refractivity contribution is 6.01. The number of rotatable bonds is 13. The number of para-hydroxylation sites is 1. The zero-order valence-electron chi connectivity index (χ0n) is 24.5. The van der Waals surface area contributed by atoms with Crippen molar-refractivity contribution in [1.82, 2.24) is 10.6 Å². The van der Waals surface area contributed by atoms with Crippen molar-refractivity contribution < 1.29 is 48.0 Å². The molecule has 1 atom stereocenters. The number of fused-ring (bicyclic) bond motifs is 1. The van der Waals surface area contributed by atoms with Gasteiger partial charge in [-0.05, 0) is 23.6 Å². The highest BCUT2D eigenvalue weighted by Crippen LogP contribution is 2.30. The number of hydrogen-bond donors (Lipinski definition) is 4. The van der Waals surface area contributed by atoms with Crippen LogP contribution >= 0.6 is 0 Å². The number of aromatic carboxylic acids is 1. The van der Waals surface area contributed by atoms with Gasteiger partial charge in [0.1, 0.15) is 24.0 Å². The summed E-state index contributed by atoms with van der Waals surface area (Å²) in [4.78, 5) is 59.6. The van der Waals surface area contributed by atoms with Crippen molar-refractivity contribution >= 4 is 40.3 Å². The molecule has 0 fully saturated rings. The quantitative estimate of drug-likeness (QED) is 0.224. The van der Waals surface area contributed by atoms with Crippen LogP contribution in [0, 0.1) is 5.82 Å². The number of Topliss-reactive ketones (excluding diaryl/α,β-unsaturated/α-hetero) is 1. The molecule has 0 bridgehead atoms. The van der Waals surface area contributed by atoms with Crippen molar-refractivity contribution in [3.63, 3.8) is 0 Å². The largest absolute Gasteiger partial charge is 0.483 e. The smallest absolute Gasteiger partial charge is 0.339 e. The molecule has 0 spiro atoms. The molecular formula is C31H37FN2O9. The fourth-order valence-electron chi connectivity index (χ4n) is 3.41. The molecule has 0 aliphatic carbocycles. The van der Waals surface area contributed by atoms with E-state index in [4.69, 9.17) is 14.6 Å². The lowest BCUT2D eigenvalue weighted by atomic mass is 10.1. The van der Waals surface area contributed by atoms with Gasteiger partial charge in [-0.1, -0.05) is 76.6 Å². The summed E-state index contributed by atoms with van der Waals surface area (Å²) in [5.41, 5.74) is -0.151. The van der Waals surface area contributed by atoms with E-state index in [-0.39, 0.29) is 17.1 Å². The van der Waals surface area contributed by atoms with E-state index in [0.717, 1.165) is 6.07 Å². The number of amides is 2. The van der Waals surface area contributed by atoms with E-state index in [1.807, 2.05) is 13.8 Å². The molecule has 232 valence electrons. The summed E-state index contributed by atoms with van der Waals surface area (Å²) in [6, 6.07) is 13.6. The second kappa shape index (κ2) is 19.2. The number of benzene rings is 3. The van der Waals surface area contributed by atoms with E-state index in [0.29, 0.717) is 10.8 Å². The first kappa shape index (κ1) is 36.0. The molecule has 12 heteroatoms. The van der Waals surface area contributed by atoms with Gasteiger partial charge in [0.15, 0.2) is 24.0 Å². The predicted molar refractivity (Wildman–Crippen MR) is 158 cm³/mol. The van der Waals surface area contributed by atoms with Crippen LogP contribution in [0.15, 0.2) is 60.7 Å². The molecule has 0 aliphatic heterocycles. The number of halogens is 1. The third kappa shape index (κ3) is 12.2. The highest BCUT2D eigenvalue weighted by Gasteiger charge is 2.25. The number of carbonyl (C=O) groups excluding carboxylic acids is 3. The first-order valence-corrected chi connectivity index (χ1v) is 13.6. The van der Waals surface area contributed by atoms with E-state index in [1.54, 1.807) is 30.3 Å². The molecule has 0 heterocycles. The monoisotopic (exact) mass is 600 g/mol. The van der Waals surface area contributed by atoms with Crippen molar-refractivity contribution in [2.24, 2.45) is 0 Å². The summed E-state index contributed by atoms with van der Waals surface area (Å²) < 4.78 is 24.2. The standard InChI is InChI=1S/C26H23FN2O9.C3H8.C2H6/c27-18-7-3-4-8-21(18)37-13-20(30)19(11-24(33)34)29-22(31)12-28-23(32)14-38-25-16-6-2-1-5-15(16)9-10-17(25)26(35)36;1-3-2;1-2/h1-10,19H,11-14H2,(H,28,32)(H,29,31)(H,33,34)(H,35,36);3H2,1-2H3;1-2H3/t19-;;/m0../s1. The van der Waals surface area contributed by atoms with Crippen LogP contribution in [0.25, 0.3) is 10.8 Å². The lowest BCUT2D eigenvalue weighted by Crippen LogP contribution is -2.48. The van der Waals surface area contributed by atoms with Crippen LogP contribution in [0.2, 0.25) is 0 Å². The normalized spacial score (nSPS) is 10.5. The maximum atomic E-state index is 13.7. The average molecular weight is 601 g/mol. The van der Waals surface area contributed by atoms with Gasteiger partial charge in [-0.25, -0.2) is 9.18 Å². The molecule has 43 heavy (non-hydrogen) atoms. The fraction of sp³-hybridized carbons (Fsp3) is 0.323. The van der Waals surface area contributed by atoms with Crippen LogP contribution in [0.4, 0.5) is 4.39 Å². The summed E-state index contributed by atoms with van der Waals surface area (Å²) in [5, 5.41) is 24.1. The van der Waals surface area contributed by atoms with E-state index in [1.165, 1.54) is 30.7 Å². The molecule has 2 amide bonds. The van der Waals surface area contributed by atoms with E-state index in [9.17, 15) is 33.5 Å². The highest BCUT2D eigenvalue weighted by atomic mass is 19.1. The Morgan fingerprint density at radius 2 is 1.47 bits per heavy atom. The summed E-state index contributed by atoms with van der Waals surface area (Å²) >= 11 is 0. The molecule has 0 saturated heterocycles. The van der Waals surface area contributed by atoms with Crippen molar-refractivity contribution in [2.45, 2.75) is 46.6 Å². The van der Waals surface area contributed by atoms with Crippen molar-refractivity contribution in [3.05, 3.63) is 72.0 Å². The Labute approximate surface area is 249 Å². The molecule has 3 rings (SSSR count). The number of aliphatic carboxylic acids is 1. The van der Waals surface area contributed by atoms with Crippen molar-refractivity contribution in [1.29, 1.82) is 0 Å². The van der Waals surface area contributed by atoms with Crippen LogP contribution in [-0.2, 0) is 19.2 Å². The predicted octanol–water partition coefficient (Wildman–Crippen LogP) is 4.22. The second-order valence-corrected chi connectivity index (χ2v) is 8.64. The van der Waals surface area contributed by atoms with Gasteiger partial charge in [0.2, 0.25) is 5.91 Å².